The Morgan fingerprint density at radius 2 is 1.65 bits per heavy atom. The maximum absolute atomic E-state index is 11.6. The van der Waals surface area contributed by atoms with Crippen LogP contribution in [-0.2, 0) is 13.2 Å². The molecule has 4 aromatic rings. The first-order chi connectivity index (χ1) is 17.4. The summed E-state index contributed by atoms with van der Waals surface area (Å²) in [5, 5.41) is 0. The van der Waals surface area contributed by atoms with Crippen LogP contribution in [0.4, 0.5) is 0 Å². The van der Waals surface area contributed by atoms with Crippen LogP contribution in [0.15, 0.2) is 68.7 Å². The van der Waals surface area contributed by atoms with Crippen LogP contribution in [0, 0.1) is 20.8 Å². The Kier molecular flexibility index (Phi) is 9.38. The molecule has 0 amide bonds. The predicted molar refractivity (Wildman–Crippen MR) is 146 cm³/mol. The van der Waals surface area contributed by atoms with Gasteiger partial charge in [-0.1, -0.05) is 30.3 Å². The van der Waals surface area contributed by atoms with Gasteiger partial charge in [-0.15, -0.1) is 17.1 Å². The second-order valence-corrected chi connectivity index (χ2v) is 8.79. The second-order valence-electron chi connectivity index (χ2n) is 8.79. The third-order valence-electron chi connectivity index (χ3n) is 6.11. The molecule has 0 aliphatic heterocycles. The summed E-state index contributed by atoms with van der Waals surface area (Å²) in [5.41, 5.74) is 12.8. The molecule has 0 bridgehead atoms. The van der Waals surface area contributed by atoms with Gasteiger partial charge in [-0.25, -0.2) is 14.6 Å². The second kappa shape index (κ2) is 12.5. The highest BCUT2D eigenvalue weighted by atomic mass is 35.5. The molecule has 3 N–H and O–H groups in total. The van der Waals surface area contributed by atoms with Crippen LogP contribution in [0.5, 0.6) is 11.5 Å². The molecule has 37 heavy (non-hydrogen) atoms. The molecule has 9 heteroatoms. The van der Waals surface area contributed by atoms with E-state index >= 15 is 0 Å². The molecule has 1 heterocycles. The monoisotopic (exact) mass is 525 g/mol. The Hall–Kier alpha value is -3.75. The number of benzene rings is 3. The molecule has 0 saturated heterocycles. The number of nitrogens with zero attached hydrogens (tertiary/aromatic N) is 1. The Morgan fingerprint density at radius 1 is 0.946 bits per heavy atom. The number of nitrogens with two attached hydrogens (primary N) is 1. The molecule has 196 valence electrons. The highest BCUT2D eigenvalue weighted by molar-refractivity contribution is 5.85. The van der Waals surface area contributed by atoms with E-state index in [1.807, 2.05) is 24.3 Å². The van der Waals surface area contributed by atoms with Crippen LogP contribution in [0.3, 0.4) is 0 Å². The Balaban J connectivity index is 0.00000380. The summed E-state index contributed by atoms with van der Waals surface area (Å²) in [7, 11) is 0. The summed E-state index contributed by atoms with van der Waals surface area (Å²) in [6.45, 7) is 8.14. The lowest BCUT2D eigenvalue weighted by molar-refractivity contribution is 0.258. The summed E-state index contributed by atoms with van der Waals surface area (Å²) in [6, 6.07) is 17.8. The topological polar surface area (TPSA) is 112 Å². The van der Waals surface area contributed by atoms with Crippen molar-refractivity contribution in [2.45, 2.75) is 40.3 Å². The molecule has 0 unspecified atom stereocenters. The molecule has 0 saturated carbocycles. The Labute approximate surface area is 221 Å². The third kappa shape index (κ3) is 6.72. The molecule has 8 nitrogen and oxygen atoms in total. The number of H-pyrrole nitrogens is 1. The van der Waals surface area contributed by atoms with Gasteiger partial charge >= 0.3 is 11.4 Å². The predicted octanol–water partition coefficient (Wildman–Crippen LogP) is 4.50. The highest BCUT2D eigenvalue weighted by Gasteiger charge is 2.13. The number of hydrogen-bond acceptors (Lipinski definition) is 6. The summed E-state index contributed by atoms with van der Waals surface area (Å²) < 4.78 is 17.7. The lowest BCUT2D eigenvalue weighted by Crippen LogP contribution is -2.17. The van der Waals surface area contributed by atoms with Crippen molar-refractivity contribution in [2.24, 2.45) is 5.73 Å². The minimum absolute atomic E-state index is 0. The molecule has 3 aromatic carbocycles. The lowest BCUT2D eigenvalue weighted by atomic mass is 9.90. The van der Waals surface area contributed by atoms with E-state index < -0.39 is 11.4 Å². The van der Waals surface area contributed by atoms with E-state index in [1.165, 1.54) is 16.7 Å². The largest absolute Gasteiger partial charge is 0.494 e. The fourth-order valence-corrected chi connectivity index (χ4v) is 4.25. The Morgan fingerprint density at radius 3 is 2.27 bits per heavy atom. The van der Waals surface area contributed by atoms with Gasteiger partial charge in [-0.2, -0.15) is 0 Å². The quantitative estimate of drug-likeness (QED) is 0.295. The normalized spacial score (nSPS) is 10.7. The van der Waals surface area contributed by atoms with E-state index in [9.17, 15) is 9.59 Å². The molecular weight excluding hydrogens is 494 g/mol. The van der Waals surface area contributed by atoms with E-state index in [-0.39, 0.29) is 19.0 Å². The van der Waals surface area contributed by atoms with Crippen LogP contribution < -0.4 is 26.7 Å². The van der Waals surface area contributed by atoms with Crippen molar-refractivity contribution in [3.05, 3.63) is 103 Å². The van der Waals surface area contributed by atoms with Crippen molar-refractivity contribution in [2.75, 3.05) is 13.2 Å². The summed E-state index contributed by atoms with van der Waals surface area (Å²) >= 11 is 0. The average Bonchev–Trinajstić information content (AvgIpc) is 3.16. The zero-order valence-corrected chi connectivity index (χ0v) is 22.0. The molecule has 1 aromatic heterocycles. The van der Waals surface area contributed by atoms with Crippen molar-refractivity contribution in [3.63, 3.8) is 0 Å². The van der Waals surface area contributed by atoms with Crippen molar-refractivity contribution in [1.82, 2.24) is 9.72 Å². The van der Waals surface area contributed by atoms with E-state index in [1.54, 1.807) is 0 Å². The number of rotatable bonds is 10. The number of hydrogen-bond donors (Lipinski definition) is 2. The SMILES string of the molecule is Cc1cc(OCCCN)cc(C)c1-c1cccc(COc2ccc(Cn3oc(=O)[nH]c3=O)cc2)c1C.Cl. The fraction of sp³-hybridized carbons (Fsp3) is 0.286. The molecule has 0 spiro atoms. The number of aromatic amines is 1. The fourth-order valence-electron chi connectivity index (χ4n) is 4.25. The number of ether oxygens (including phenoxy) is 2. The highest BCUT2D eigenvalue weighted by Crippen LogP contribution is 2.34. The van der Waals surface area contributed by atoms with Gasteiger partial charge in [0.05, 0.1) is 13.2 Å². The van der Waals surface area contributed by atoms with Crippen LogP contribution in [0.2, 0.25) is 0 Å². The van der Waals surface area contributed by atoms with Gasteiger partial charge in [0.25, 0.3) is 0 Å². The molecule has 0 radical (unpaired) electrons. The zero-order chi connectivity index (χ0) is 25.7. The number of nitrogens with one attached hydrogen (secondary N) is 1. The zero-order valence-electron chi connectivity index (χ0n) is 21.2. The first-order valence-corrected chi connectivity index (χ1v) is 11.9. The summed E-state index contributed by atoms with van der Waals surface area (Å²) in [6.07, 6.45) is 0.828. The minimum atomic E-state index is -0.769. The number of aromatic nitrogens is 2. The number of aryl methyl sites for hydroxylation is 2. The minimum Gasteiger partial charge on any atom is -0.494 e. The van der Waals surface area contributed by atoms with E-state index in [0.717, 1.165) is 39.2 Å². The van der Waals surface area contributed by atoms with Crippen molar-refractivity contribution in [3.8, 4) is 22.6 Å². The van der Waals surface area contributed by atoms with Crippen molar-refractivity contribution < 1.29 is 14.0 Å². The maximum Gasteiger partial charge on any atom is 0.440 e. The van der Waals surface area contributed by atoms with Crippen LogP contribution >= 0.6 is 12.4 Å². The molecule has 4 rings (SSSR count). The maximum atomic E-state index is 11.6. The van der Waals surface area contributed by atoms with Crippen molar-refractivity contribution >= 4 is 12.4 Å². The standard InChI is InChI=1S/C28H31N3O5.ClH/c1-18-14-24(34-13-5-12-29)15-19(2)26(18)25-7-4-6-22(20(25)3)17-35-23-10-8-21(9-11-23)16-31-27(32)30-28(33)36-31;/h4,6-11,14-15H,5,12-13,16-17,29H2,1-3H3,(H,30,32,33);1H. The van der Waals surface area contributed by atoms with Gasteiger partial charge in [0, 0.05) is 0 Å². The van der Waals surface area contributed by atoms with E-state index in [0.29, 0.717) is 25.5 Å². The smallest absolute Gasteiger partial charge is 0.440 e. The first-order valence-electron chi connectivity index (χ1n) is 11.9. The summed E-state index contributed by atoms with van der Waals surface area (Å²) in [5.74, 6) is 0.804. The van der Waals surface area contributed by atoms with Crippen molar-refractivity contribution in [1.29, 1.82) is 0 Å². The molecule has 0 aliphatic carbocycles. The van der Waals surface area contributed by atoms with Gasteiger partial charge in [0.15, 0.2) is 0 Å². The number of halogens is 1. The van der Waals surface area contributed by atoms with Gasteiger partial charge < -0.3 is 19.7 Å². The lowest BCUT2D eigenvalue weighted by Gasteiger charge is -2.18. The van der Waals surface area contributed by atoms with Crippen LogP contribution in [0.1, 0.15) is 34.2 Å². The summed E-state index contributed by atoms with van der Waals surface area (Å²) in [4.78, 5) is 24.8. The first kappa shape index (κ1) is 27.8. The van der Waals surface area contributed by atoms with Gasteiger partial charge in [-0.05, 0) is 96.9 Å². The van der Waals surface area contributed by atoms with Gasteiger partial charge in [-0.3, -0.25) is 0 Å². The molecule has 0 fully saturated rings. The van der Waals surface area contributed by atoms with E-state index in [2.05, 4.69) is 56.1 Å². The van der Waals surface area contributed by atoms with Gasteiger partial charge in [0.2, 0.25) is 0 Å². The van der Waals surface area contributed by atoms with Gasteiger partial charge in [0.1, 0.15) is 18.1 Å². The molecule has 0 aliphatic rings. The van der Waals surface area contributed by atoms with E-state index in [4.69, 9.17) is 19.7 Å². The molecule has 0 atom stereocenters. The Bertz CT molecular complexity index is 1430. The molecular formula is C28H32ClN3O5. The average molecular weight is 526 g/mol. The van der Waals surface area contributed by atoms with Crippen LogP contribution in [-0.4, -0.2) is 22.9 Å². The van der Waals surface area contributed by atoms with Crippen LogP contribution in [0.25, 0.3) is 11.1 Å². The third-order valence-corrected chi connectivity index (χ3v) is 6.11.